The second-order valence-corrected chi connectivity index (χ2v) is 5.60. The summed E-state index contributed by atoms with van der Waals surface area (Å²) >= 11 is 0. The van der Waals surface area contributed by atoms with Gasteiger partial charge in [-0.2, -0.15) is 5.10 Å². The van der Waals surface area contributed by atoms with E-state index in [2.05, 4.69) is 27.3 Å². The van der Waals surface area contributed by atoms with E-state index in [1.165, 1.54) is 6.20 Å². The second-order valence-electron chi connectivity index (χ2n) is 5.60. The fraction of sp³-hybridized carbons (Fsp3) is 0.500. The van der Waals surface area contributed by atoms with Crippen LogP contribution in [0.15, 0.2) is 12.4 Å². The third kappa shape index (κ3) is 2.56. The number of hydrogen-bond donors (Lipinski definition) is 2. The molecule has 2 aromatic rings. The molecule has 112 valence electrons. The smallest absolute Gasteiger partial charge is 0.339 e. The Balaban J connectivity index is 2.01. The van der Waals surface area contributed by atoms with Crippen molar-refractivity contribution in [3.05, 3.63) is 18.0 Å². The lowest BCUT2D eigenvalue weighted by Crippen LogP contribution is -2.40. The first kappa shape index (κ1) is 13.8. The number of aryl methyl sites for hydroxylation is 1. The zero-order valence-electron chi connectivity index (χ0n) is 12.2. The molecule has 0 radical (unpaired) electrons. The van der Waals surface area contributed by atoms with Gasteiger partial charge in [-0.1, -0.05) is 0 Å². The Morgan fingerprint density at radius 3 is 2.95 bits per heavy atom. The van der Waals surface area contributed by atoms with Gasteiger partial charge in [-0.3, -0.25) is 4.68 Å². The second kappa shape index (κ2) is 5.33. The molecule has 0 aliphatic carbocycles. The molecule has 0 amide bonds. The van der Waals surface area contributed by atoms with Gasteiger partial charge >= 0.3 is 5.97 Å². The maximum absolute atomic E-state index is 11.5. The molecule has 7 nitrogen and oxygen atoms in total. The summed E-state index contributed by atoms with van der Waals surface area (Å²) in [5.74, 6) is -0.972. The first-order valence-electron chi connectivity index (χ1n) is 7.05. The number of nitrogens with zero attached hydrogens (tertiary/aromatic N) is 4. The zero-order chi connectivity index (χ0) is 15.0. The maximum atomic E-state index is 11.5. The number of hydrogen-bond acceptors (Lipinski definition) is 5. The summed E-state index contributed by atoms with van der Waals surface area (Å²) < 4.78 is 1.65. The fourth-order valence-corrected chi connectivity index (χ4v) is 2.90. The van der Waals surface area contributed by atoms with Crippen molar-refractivity contribution in [3.63, 3.8) is 0 Å². The summed E-state index contributed by atoms with van der Waals surface area (Å²) in [6.07, 6.45) is 5.22. The van der Waals surface area contributed by atoms with E-state index in [1.807, 2.05) is 0 Å². The normalized spacial score (nSPS) is 19.8. The number of anilines is 1. The Kier molecular flexibility index (Phi) is 3.50. The third-order valence-corrected chi connectivity index (χ3v) is 3.97. The topological polar surface area (TPSA) is 83.3 Å². The molecule has 1 unspecified atom stereocenters. The summed E-state index contributed by atoms with van der Waals surface area (Å²) in [5, 5.41) is 17.7. The minimum absolute atomic E-state index is 0.198. The van der Waals surface area contributed by atoms with Gasteiger partial charge in [0, 0.05) is 25.8 Å². The van der Waals surface area contributed by atoms with Gasteiger partial charge in [0.15, 0.2) is 5.65 Å². The van der Waals surface area contributed by atoms with Gasteiger partial charge in [0.25, 0.3) is 0 Å². The van der Waals surface area contributed by atoms with E-state index in [1.54, 1.807) is 17.9 Å². The van der Waals surface area contributed by atoms with E-state index >= 15 is 0 Å². The van der Waals surface area contributed by atoms with Crippen molar-refractivity contribution in [2.24, 2.45) is 7.05 Å². The minimum atomic E-state index is -0.972. The van der Waals surface area contributed by atoms with Crippen molar-refractivity contribution in [1.82, 2.24) is 19.7 Å². The average molecular weight is 289 g/mol. The minimum Gasteiger partial charge on any atom is -0.478 e. The Labute approximate surface area is 122 Å². The van der Waals surface area contributed by atoms with E-state index in [-0.39, 0.29) is 11.6 Å². The molecule has 2 N–H and O–H groups in total. The number of carboxylic acid groups (broad SMARTS) is 1. The number of carboxylic acids is 1. The van der Waals surface area contributed by atoms with Crippen LogP contribution in [-0.4, -0.2) is 56.9 Å². The standard InChI is InChI=1S/C14H19N5O2/c1-18-5-3-4-9(8-18)17-12-10-7-16-19(2)13(10)15-6-11(12)14(20)21/h6-7,9H,3-5,8H2,1-2H3,(H,15,17)(H,20,21). The summed E-state index contributed by atoms with van der Waals surface area (Å²) in [6.45, 7) is 1.99. The number of nitrogens with one attached hydrogen (secondary N) is 1. The molecule has 3 heterocycles. The molecule has 1 aliphatic rings. The van der Waals surface area contributed by atoms with Crippen LogP contribution >= 0.6 is 0 Å². The number of pyridine rings is 1. The highest BCUT2D eigenvalue weighted by molar-refractivity contribution is 6.03. The highest BCUT2D eigenvalue weighted by atomic mass is 16.4. The highest BCUT2D eigenvalue weighted by Crippen LogP contribution is 2.27. The van der Waals surface area contributed by atoms with Crippen molar-refractivity contribution in [1.29, 1.82) is 0 Å². The number of aromatic nitrogens is 3. The van der Waals surface area contributed by atoms with Crippen LogP contribution in [0.5, 0.6) is 0 Å². The molecule has 0 bridgehead atoms. The number of piperidine rings is 1. The number of fused-ring (bicyclic) bond motifs is 1. The number of rotatable bonds is 3. The summed E-state index contributed by atoms with van der Waals surface area (Å²) in [6, 6.07) is 0.243. The van der Waals surface area contributed by atoms with Crippen LogP contribution < -0.4 is 5.32 Å². The SMILES string of the molecule is CN1CCCC(Nc2c(C(=O)O)cnc3c2cnn3C)C1. The van der Waals surface area contributed by atoms with E-state index in [0.29, 0.717) is 11.3 Å². The molecule has 0 aromatic carbocycles. The molecule has 1 aliphatic heterocycles. The van der Waals surface area contributed by atoms with E-state index in [9.17, 15) is 9.90 Å². The molecule has 7 heteroatoms. The van der Waals surface area contributed by atoms with E-state index < -0.39 is 5.97 Å². The molecule has 2 aromatic heterocycles. The van der Waals surface area contributed by atoms with Crippen LogP contribution in [-0.2, 0) is 7.05 Å². The molecule has 0 saturated carbocycles. The zero-order valence-corrected chi connectivity index (χ0v) is 12.2. The van der Waals surface area contributed by atoms with Crippen LogP contribution in [0.2, 0.25) is 0 Å². The predicted octanol–water partition coefficient (Wildman–Crippen LogP) is 1.17. The van der Waals surface area contributed by atoms with Crippen LogP contribution in [0, 0.1) is 0 Å². The largest absolute Gasteiger partial charge is 0.478 e. The summed E-state index contributed by atoms with van der Waals surface area (Å²) in [4.78, 5) is 17.9. The van der Waals surface area contributed by atoms with Gasteiger partial charge in [-0.05, 0) is 26.4 Å². The number of carbonyl (C=O) groups is 1. The van der Waals surface area contributed by atoms with Crippen LogP contribution in [0.4, 0.5) is 5.69 Å². The number of likely N-dealkylation sites (N-methyl/N-ethyl adjacent to an activating group) is 1. The highest BCUT2D eigenvalue weighted by Gasteiger charge is 2.22. The van der Waals surface area contributed by atoms with Gasteiger partial charge in [-0.15, -0.1) is 0 Å². The first-order chi connectivity index (χ1) is 10.1. The molecular weight excluding hydrogens is 270 g/mol. The quantitative estimate of drug-likeness (QED) is 0.882. The average Bonchev–Trinajstić information content (AvgIpc) is 2.81. The van der Waals surface area contributed by atoms with Crippen molar-refractivity contribution >= 4 is 22.7 Å². The van der Waals surface area contributed by atoms with Crippen LogP contribution in [0.1, 0.15) is 23.2 Å². The summed E-state index contributed by atoms with van der Waals surface area (Å²) in [7, 11) is 3.88. The lowest BCUT2D eigenvalue weighted by molar-refractivity contribution is 0.0697. The molecular formula is C14H19N5O2. The van der Waals surface area contributed by atoms with Gasteiger partial charge in [0.05, 0.1) is 17.3 Å². The Bertz CT molecular complexity index is 681. The third-order valence-electron chi connectivity index (χ3n) is 3.97. The number of likely N-dealkylation sites (tertiary alicyclic amines) is 1. The van der Waals surface area contributed by atoms with Gasteiger partial charge < -0.3 is 15.3 Å². The van der Waals surface area contributed by atoms with Crippen LogP contribution in [0.3, 0.4) is 0 Å². The monoisotopic (exact) mass is 289 g/mol. The van der Waals surface area contributed by atoms with E-state index in [4.69, 9.17) is 0 Å². The van der Waals surface area contributed by atoms with E-state index in [0.717, 1.165) is 31.3 Å². The lowest BCUT2D eigenvalue weighted by Gasteiger charge is -2.31. The van der Waals surface area contributed by atoms with Crippen LogP contribution in [0.25, 0.3) is 11.0 Å². The first-order valence-corrected chi connectivity index (χ1v) is 7.05. The summed E-state index contributed by atoms with van der Waals surface area (Å²) in [5.41, 5.74) is 1.51. The molecule has 21 heavy (non-hydrogen) atoms. The molecule has 1 saturated heterocycles. The fourth-order valence-electron chi connectivity index (χ4n) is 2.90. The lowest BCUT2D eigenvalue weighted by atomic mass is 10.0. The van der Waals surface area contributed by atoms with Gasteiger partial charge in [0.2, 0.25) is 0 Å². The molecule has 3 rings (SSSR count). The Hall–Kier alpha value is -2.15. The predicted molar refractivity (Wildman–Crippen MR) is 79.6 cm³/mol. The molecule has 1 atom stereocenters. The molecule has 0 spiro atoms. The maximum Gasteiger partial charge on any atom is 0.339 e. The van der Waals surface area contributed by atoms with Crippen molar-refractivity contribution in [3.8, 4) is 0 Å². The van der Waals surface area contributed by atoms with Crippen molar-refractivity contribution < 1.29 is 9.90 Å². The molecule has 1 fully saturated rings. The van der Waals surface area contributed by atoms with Gasteiger partial charge in [0.1, 0.15) is 5.56 Å². The number of aromatic carboxylic acids is 1. The Morgan fingerprint density at radius 1 is 1.43 bits per heavy atom. The van der Waals surface area contributed by atoms with Crippen molar-refractivity contribution in [2.75, 3.05) is 25.5 Å². The Morgan fingerprint density at radius 2 is 2.24 bits per heavy atom. The van der Waals surface area contributed by atoms with Crippen molar-refractivity contribution in [2.45, 2.75) is 18.9 Å². The van der Waals surface area contributed by atoms with Gasteiger partial charge in [-0.25, -0.2) is 9.78 Å².